The van der Waals surface area contributed by atoms with Gasteiger partial charge in [0.05, 0.1) is 0 Å². The zero-order chi connectivity index (χ0) is 10.4. The van der Waals surface area contributed by atoms with Gasteiger partial charge >= 0.3 is 0 Å². The molecule has 0 radical (unpaired) electrons. The van der Waals surface area contributed by atoms with Crippen LogP contribution in [0.25, 0.3) is 0 Å². The van der Waals surface area contributed by atoms with E-state index in [1.807, 2.05) is 0 Å². The predicted octanol–water partition coefficient (Wildman–Crippen LogP) is -1.28. The van der Waals surface area contributed by atoms with Crippen LogP contribution in [0.1, 0.15) is 19.3 Å². The molecule has 6 nitrogen and oxygen atoms in total. The van der Waals surface area contributed by atoms with Crippen molar-refractivity contribution in [1.29, 1.82) is 0 Å². The van der Waals surface area contributed by atoms with Crippen LogP contribution in [0.5, 0.6) is 0 Å². The average Bonchev–Trinajstić information content (AvgIpc) is 2.19. The van der Waals surface area contributed by atoms with Gasteiger partial charge < -0.3 is 11.1 Å². The summed E-state index contributed by atoms with van der Waals surface area (Å²) in [5.74, 6) is -0.373. The van der Waals surface area contributed by atoms with Gasteiger partial charge in [-0.3, -0.25) is 9.59 Å². The summed E-state index contributed by atoms with van der Waals surface area (Å²) in [5, 5.41) is 6.33. The molecule has 6 heteroatoms. The highest BCUT2D eigenvalue weighted by Gasteiger charge is 2.17. The van der Waals surface area contributed by atoms with Crippen molar-refractivity contribution in [2.45, 2.75) is 19.3 Å². The first-order valence-corrected chi connectivity index (χ1v) is 4.57. The average molecular weight is 198 g/mol. The fraction of sp³-hybridized carbons (Fsp3) is 0.625. The minimum atomic E-state index is -0.224. The molecule has 0 fully saturated rings. The minimum absolute atomic E-state index is 0.150. The second-order valence-corrected chi connectivity index (χ2v) is 2.99. The van der Waals surface area contributed by atoms with Crippen LogP contribution in [-0.2, 0) is 9.59 Å². The minimum Gasteiger partial charge on any atom is -0.351 e. The molecule has 2 amide bonds. The molecule has 0 aliphatic carbocycles. The van der Waals surface area contributed by atoms with E-state index < -0.39 is 0 Å². The van der Waals surface area contributed by atoms with Crippen molar-refractivity contribution in [2.75, 3.05) is 13.1 Å². The summed E-state index contributed by atoms with van der Waals surface area (Å²) in [4.78, 5) is 22.1. The van der Waals surface area contributed by atoms with Crippen LogP contribution in [0.3, 0.4) is 0 Å². The summed E-state index contributed by atoms with van der Waals surface area (Å²) in [7, 11) is 0. The van der Waals surface area contributed by atoms with Crippen LogP contribution in [0.2, 0.25) is 0 Å². The lowest BCUT2D eigenvalue weighted by molar-refractivity contribution is -0.121. The first-order valence-electron chi connectivity index (χ1n) is 4.57. The predicted molar refractivity (Wildman–Crippen MR) is 51.5 cm³/mol. The van der Waals surface area contributed by atoms with E-state index in [-0.39, 0.29) is 11.8 Å². The second-order valence-electron chi connectivity index (χ2n) is 2.99. The van der Waals surface area contributed by atoms with Gasteiger partial charge in [0.2, 0.25) is 5.91 Å². The normalized spacial score (nSPS) is 15.8. The Labute approximate surface area is 81.9 Å². The van der Waals surface area contributed by atoms with E-state index in [1.165, 1.54) is 0 Å². The number of nitrogens with zero attached hydrogens (tertiary/aromatic N) is 1. The van der Waals surface area contributed by atoms with Gasteiger partial charge in [0.25, 0.3) is 5.91 Å². The second kappa shape index (κ2) is 5.33. The van der Waals surface area contributed by atoms with E-state index in [1.54, 1.807) is 0 Å². The Hall–Kier alpha value is -1.43. The third kappa shape index (κ3) is 3.14. The first kappa shape index (κ1) is 10.6. The lowest BCUT2D eigenvalue weighted by atomic mass is 10.1. The van der Waals surface area contributed by atoms with Gasteiger partial charge in [-0.25, -0.2) is 5.43 Å². The first-order chi connectivity index (χ1) is 6.74. The molecule has 0 aromatic heterocycles. The number of nitrogens with one attached hydrogen (secondary N) is 2. The van der Waals surface area contributed by atoms with Crippen LogP contribution in [0.15, 0.2) is 5.10 Å². The smallest absolute Gasteiger partial charge is 0.267 e. The van der Waals surface area contributed by atoms with Crippen LogP contribution in [0.4, 0.5) is 0 Å². The van der Waals surface area contributed by atoms with Crippen LogP contribution >= 0.6 is 0 Å². The standard InChI is InChI=1S/C8H14N4O2/c9-4-1-5-10-8(14)6-2-3-7(13)12-11-6/h1-5,9H2,(H,10,14)(H,12,13). The Kier molecular flexibility index (Phi) is 4.06. The van der Waals surface area contributed by atoms with Gasteiger partial charge in [-0.1, -0.05) is 0 Å². The monoisotopic (exact) mass is 198 g/mol. The van der Waals surface area contributed by atoms with E-state index in [9.17, 15) is 9.59 Å². The maximum atomic E-state index is 11.3. The number of carbonyl (C=O) groups excluding carboxylic acids is 2. The van der Waals surface area contributed by atoms with Crippen molar-refractivity contribution in [1.82, 2.24) is 10.7 Å². The summed E-state index contributed by atoms with van der Waals surface area (Å²) in [5.41, 5.74) is 7.92. The van der Waals surface area contributed by atoms with E-state index in [0.717, 1.165) is 6.42 Å². The molecular formula is C8H14N4O2. The van der Waals surface area contributed by atoms with Crippen LogP contribution < -0.4 is 16.5 Å². The molecule has 14 heavy (non-hydrogen) atoms. The lowest BCUT2D eigenvalue weighted by Gasteiger charge is -2.11. The van der Waals surface area contributed by atoms with Crippen LogP contribution in [0, 0.1) is 0 Å². The molecule has 0 spiro atoms. The maximum absolute atomic E-state index is 11.3. The molecule has 1 heterocycles. The zero-order valence-corrected chi connectivity index (χ0v) is 7.88. The molecule has 1 rings (SSSR count). The quantitative estimate of drug-likeness (QED) is 0.491. The number of amides is 2. The molecule has 4 N–H and O–H groups in total. The van der Waals surface area contributed by atoms with Gasteiger partial charge in [0.15, 0.2) is 0 Å². The topological polar surface area (TPSA) is 96.6 Å². The maximum Gasteiger partial charge on any atom is 0.267 e. The molecule has 0 saturated carbocycles. The number of hydrogen-bond acceptors (Lipinski definition) is 4. The Morgan fingerprint density at radius 3 is 2.93 bits per heavy atom. The van der Waals surface area contributed by atoms with E-state index in [0.29, 0.717) is 31.6 Å². The molecule has 0 atom stereocenters. The molecule has 0 bridgehead atoms. The Bertz CT molecular complexity index is 262. The van der Waals surface area contributed by atoms with Gasteiger partial charge in [-0.05, 0) is 13.0 Å². The summed E-state index contributed by atoms with van der Waals surface area (Å²) in [6, 6.07) is 0. The van der Waals surface area contributed by atoms with E-state index >= 15 is 0 Å². The Balaban J connectivity index is 2.33. The fourth-order valence-corrected chi connectivity index (χ4v) is 1.04. The van der Waals surface area contributed by atoms with Gasteiger partial charge in [0.1, 0.15) is 5.71 Å². The van der Waals surface area contributed by atoms with Crippen molar-refractivity contribution < 1.29 is 9.59 Å². The molecule has 78 valence electrons. The van der Waals surface area contributed by atoms with Crippen molar-refractivity contribution in [3.63, 3.8) is 0 Å². The number of rotatable bonds is 4. The third-order valence-corrected chi connectivity index (χ3v) is 1.83. The van der Waals surface area contributed by atoms with Gasteiger partial charge in [-0.15, -0.1) is 0 Å². The highest BCUT2D eigenvalue weighted by atomic mass is 16.2. The summed E-state index contributed by atoms with van der Waals surface area (Å²) in [6.45, 7) is 1.09. The molecule has 1 aliphatic heterocycles. The Morgan fingerprint density at radius 1 is 1.57 bits per heavy atom. The molecule has 0 saturated heterocycles. The van der Waals surface area contributed by atoms with Gasteiger partial charge in [-0.2, -0.15) is 5.10 Å². The largest absolute Gasteiger partial charge is 0.351 e. The van der Waals surface area contributed by atoms with Gasteiger partial charge in [0, 0.05) is 19.4 Å². The van der Waals surface area contributed by atoms with Crippen LogP contribution in [-0.4, -0.2) is 30.6 Å². The number of nitrogens with two attached hydrogens (primary N) is 1. The fourth-order valence-electron chi connectivity index (χ4n) is 1.04. The summed E-state index contributed by atoms with van der Waals surface area (Å²) in [6.07, 6.45) is 1.47. The molecule has 1 aliphatic rings. The third-order valence-electron chi connectivity index (χ3n) is 1.83. The number of carbonyl (C=O) groups is 2. The molecule has 0 unspecified atom stereocenters. The Morgan fingerprint density at radius 2 is 2.36 bits per heavy atom. The summed E-state index contributed by atoms with van der Waals surface area (Å²) >= 11 is 0. The van der Waals surface area contributed by atoms with Crippen molar-refractivity contribution >= 4 is 17.5 Å². The van der Waals surface area contributed by atoms with E-state index in [2.05, 4.69) is 15.8 Å². The molecule has 0 aromatic rings. The summed E-state index contributed by atoms with van der Waals surface area (Å²) < 4.78 is 0. The molecular weight excluding hydrogens is 184 g/mol. The van der Waals surface area contributed by atoms with Crippen molar-refractivity contribution in [3.8, 4) is 0 Å². The van der Waals surface area contributed by atoms with Crippen molar-refractivity contribution in [3.05, 3.63) is 0 Å². The highest BCUT2D eigenvalue weighted by molar-refractivity contribution is 6.39. The number of hydrogen-bond donors (Lipinski definition) is 3. The highest BCUT2D eigenvalue weighted by Crippen LogP contribution is 1.99. The lowest BCUT2D eigenvalue weighted by Crippen LogP contribution is -2.37. The van der Waals surface area contributed by atoms with E-state index in [4.69, 9.17) is 5.73 Å². The zero-order valence-electron chi connectivity index (χ0n) is 7.88. The van der Waals surface area contributed by atoms with Crippen molar-refractivity contribution in [2.24, 2.45) is 10.8 Å². The number of hydrazone groups is 1. The molecule has 0 aromatic carbocycles. The SMILES string of the molecule is NCCCNC(=O)C1=NNC(=O)CC1.